The summed E-state index contributed by atoms with van der Waals surface area (Å²) in [7, 11) is 0. The van der Waals surface area contributed by atoms with Crippen LogP contribution in [-0.4, -0.2) is 6.54 Å². The van der Waals surface area contributed by atoms with Crippen LogP contribution in [0.1, 0.15) is 11.1 Å². The molecule has 0 aliphatic carbocycles. The quantitative estimate of drug-likeness (QED) is 0.897. The molecule has 2 aromatic rings. The normalized spacial score (nSPS) is 10.6. The van der Waals surface area contributed by atoms with E-state index in [1.54, 1.807) is 0 Å². The van der Waals surface area contributed by atoms with Crippen LogP contribution >= 0.6 is 15.9 Å². The number of rotatable bonds is 5. The molecule has 0 atom stereocenters. The minimum absolute atomic E-state index is 0.0888. The first-order valence-corrected chi connectivity index (χ1v) is 6.95. The summed E-state index contributed by atoms with van der Waals surface area (Å²) in [6, 6.07) is 9.87. The van der Waals surface area contributed by atoms with Crippen LogP contribution in [0.15, 0.2) is 40.9 Å². The van der Waals surface area contributed by atoms with Crippen molar-refractivity contribution in [2.45, 2.75) is 13.0 Å². The van der Waals surface area contributed by atoms with Crippen LogP contribution in [-0.2, 0) is 13.0 Å². The van der Waals surface area contributed by atoms with Gasteiger partial charge in [0.25, 0.3) is 0 Å². The molecule has 0 saturated carbocycles. The molecule has 0 heterocycles. The van der Waals surface area contributed by atoms with Crippen LogP contribution in [0, 0.1) is 11.6 Å². The first kappa shape index (κ1) is 14.9. The van der Waals surface area contributed by atoms with Crippen molar-refractivity contribution in [1.29, 1.82) is 0 Å². The minimum Gasteiger partial charge on any atom is -0.483 e. The van der Waals surface area contributed by atoms with Crippen LogP contribution < -0.4 is 10.5 Å². The lowest BCUT2D eigenvalue weighted by atomic mass is 10.1. The summed E-state index contributed by atoms with van der Waals surface area (Å²) < 4.78 is 33.7. The molecule has 2 N–H and O–H groups in total. The van der Waals surface area contributed by atoms with Gasteiger partial charge in [0.15, 0.2) is 17.4 Å². The minimum atomic E-state index is -0.708. The summed E-state index contributed by atoms with van der Waals surface area (Å²) in [6.07, 6.45) is 0.429. The van der Waals surface area contributed by atoms with Gasteiger partial charge in [0, 0.05) is 10.0 Å². The number of hydrogen-bond donors (Lipinski definition) is 1. The van der Waals surface area contributed by atoms with Crippen LogP contribution in [0.4, 0.5) is 8.78 Å². The molecular weight excluding hydrogens is 328 g/mol. The molecule has 0 aliphatic rings. The molecule has 2 nitrogen and oxygen atoms in total. The third-order valence-electron chi connectivity index (χ3n) is 2.82. The molecule has 20 heavy (non-hydrogen) atoms. The third-order valence-corrected chi connectivity index (χ3v) is 3.59. The summed E-state index contributed by atoms with van der Waals surface area (Å²) in [5.41, 5.74) is 6.71. The lowest BCUT2D eigenvalue weighted by molar-refractivity contribution is 0.273. The van der Waals surface area contributed by atoms with Crippen molar-refractivity contribution in [2.24, 2.45) is 5.73 Å². The van der Waals surface area contributed by atoms with Gasteiger partial charge < -0.3 is 10.5 Å². The van der Waals surface area contributed by atoms with Gasteiger partial charge in [-0.05, 0) is 36.7 Å². The van der Waals surface area contributed by atoms with Gasteiger partial charge in [0.1, 0.15) is 6.61 Å². The second-order valence-electron chi connectivity index (χ2n) is 4.31. The molecule has 0 aromatic heterocycles. The molecule has 0 bridgehead atoms. The molecule has 0 saturated heterocycles. The Hall–Kier alpha value is -1.46. The van der Waals surface area contributed by atoms with Crippen LogP contribution in [0.2, 0.25) is 0 Å². The van der Waals surface area contributed by atoms with E-state index in [2.05, 4.69) is 15.9 Å². The second-order valence-corrected chi connectivity index (χ2v) is 5.16. The summed E-state index contributed by atoms with van der Waals surface area (Å²) in [5.74, 6) is -1.78. The molecule has 2 rings (SSSR count). The van der Waals surface area contributed by atoms with Gasteiger partial charge in [-0.1, -0.05) is 34.1 Å². The molecule has 0 aliphatic heterocycles. The van der Waals surface area contributed by atoms with Crippen LogP contribution in [0.5, 0.6) is 5.75 Å². The molecule has 0 amide bonds. The van der Waals surface area contributed by atoms with Crippen LogP contribution in [0.3, 0.4) is 0 Å². The highest BCUT2D eigenvalue weighted by Gasteiger charge is 2.13. The number of nitrogens with two attached hydrogens (primary N) is 1. The number of hydrogen-bond acceptors (Lipinski definition) is 2. The average molecular weight is 342 g/mol. The third kappa shape index (κ3) is 3.55. The molecular formula is C15H14BrF2NO. The van der Waals surface area contributed by atoms with Crippen molar-refractivity contribution in [3.05, 3.63) is 63.6 Å². The largest absolute Gasteiger partial charge is 0.483 e. The average Bonchev–Trinajstić information content (AvgIpc) is 2.40. The van der Waals surface area contributed by atoms with Gasteiger partial charge in [-0.15, -0.1) is 0 Å². The number of ether oxygens (including phenoxy) is 1. The van der Waals surface area contributed by atoms with E-state index in [0.717, 1.165) is 10.0 Å². The van der Waals surface area contributed by atoms with Gasteiger partial charge in [0.05, 0.1) is 0 Å². The Morgan fingerprint density at radius 3 is 2.35 bits per heavy atom. The van der Waals surface area contributed by atoms with Crippen LogP contribution in [0.25, 0.3) is 0 Å². The van der Waals surface area contributed by atoms with E-state index in [0.29, 0.717) is 18.5 Å². The van der Waals surface area contributed by atoms with Crippen molar-refractivity contribution < 1.29 is 13.5 Å². The zero-order chi connectivity index (χ0) is 14.5. The number of benzene rings is 2. The lowest BCUT2D eigenvalue weighted by Gasteiger charge is -2.11. The van der Waals surface area contributed by atoms with E-state index < -0.39 is 11.6 Å². The second kappa shape index (κ2) is 6.81. The van der Waals surface area contributed by atoms with E-state index in [-0.39, 0.29) is 12.4 Å². The van der Waals surface area contributed by atoms with Crippen molar-refractivity contribution >= 4 is 15.9 Å². The predicted molar refractivity (Wildman–Crippen MR) is 77.6 cm³/mol. The fourth-order valence-corrected chi connectivity index (χ4v) is 2.23. The Bertz CT molecular complexity index is 581. The zero-order valence-electron chi connectivity index (χ0n) is 10.7. The summed E-state index contributed by atoms with van der Waals surface area (Å²) in [4.78, 5) is 0. The van der Waals surface area contributed by atoms with E-state index in [4.69, 9.17) is 10.5 Å². The van der Waals surface area contributed by atoms with Gasteiger partial charge in [0.2, 0.25) is 0 Å². The molecule has 0 radical (unpaired) electrons. The number of halogens is 3. The first-order chi connectivity index (χ1) is 9.61. The zero-order valence-corrected chi connectivity index (χ0v) is 12.3. The first-order valence-electron chi connectivity index (χ1n) is 6.16. The molecule has 0 spiro atoms. The Kier molecular flexibility index (Phi) is 5.09. The van der Waals surface area contributed by atoms with Crippen molar-refractivity contribution in [3.8, 4) is 5.75 Å². The van der Waals surface area contributed by atoms with Crippen molar-refractivity contribution in [3.63, 3.8) is 0 Å². The maximum absolute atomic E-state index is 13.8. The molecule has 0 fully saturated rings. The van der Waals surface area contributed by atoms with E-state index in [9.17, 15) is 8.78 Å². The fourth-order valence-electron chi connectivity index (χ4n) is 1.83. The highest BCUT2D eigenvalue weighted by molar-refractivity contribution is 9.10. The fraction of sp³-hybridized carbons (Fsp3) is 0.200. The SMILES string of the molecule is NCCc1cc(F)c(OCc2ccccc2Br)c(F)c1. The Balaban J connectivity index is 2.16. The summed E-state index contributed by atoms with van der Waals surface area (Å²) in [5, 5.41) is 0. The summed E-state index contributed by atoms with van der Waals surface area (Å²) in [6.45, 7) is 0.432. The maximum atomic E-state index is 13.8. The summed E-state index contributed by atoms with van der Waals surface area (Å²) >= 11 is 3.36. The Labute approximate surface area is 124 Å². The molecule has 2 aromatic carbocycles. The predicted octanol–water partition coefficient (Wildman–Crippen LogP) is 3.81. The highest BCUT2D eigenvalue weighted by atomic mass is 79.9. The van der Waals surface area contributed by atoms with E-state index >= 15 is 0 Å². The molecule has 5 heteroatoms. The smallest absolute Gasteiger partial charge is 0.191 e. The highest BCUT2D eigenvalue weighted by Crippen LogP contribution is 2.25. The van der Waals surface area contributed by atoms with Gasteiger partial charge in [-0.2, -0.15) is 0 Å². The van der Waals surface area contributed by atoms with E-state index in [1.165, 1.54) is 12.1 Å². The van der Waals surface area contributed by atoms with Crippen molar-refractivity contribution in [2.75, 3.05) is 6.54 Å². The van der Waals surface area contributed by atoms with E-state index in [1.807, 2.05) is 24.3 Å². The maximum Gasteiger partial charge on any atom is 0.191 e. The Morgan fingerprint density at radius 1 is 1.10 bits per heavy atom. The Morgan fingerprint density at radius 2 is 1.75 bits per heavy atom. The van der Waals surface area contributed by atoms with Gasteiger partial charge in [-0.3, -0.25) is 0 Å². The topological polar surface area (TPSA) is 35.2 Å². The molecule has 0 unspecified atom stereocenters. The van der Waals surface area contributed by atoms with Gasteiger partial charge in [-0.25, -0.2) is 8.78 Å². The monoisotopic (exact) mass is 341 g/mol. The molecule has 106 valence electrons. The lowest BCUT2D eigenvalue weighted by Crippen LogP contribution is -2.05. The van der Waals surface area contributed by atoms with Crippen molar-refractivity contribution in [1.82, 2.24) is 0 Å². The van der Waals surface area contributed by atoms with Gasteiger partial charge >= 0.3 is 0 Å². The standard InChI is InChI=1S/C15H14BrF2NO/c16-12-4-2-1-3-11(12)9-20-15-13(17)7-10(5-6-19)8-14(15)18/h1-4,7-8H,5-6,9,19H2.